The first-order valence-electron chi connectivity index (χ1n) is 11.7. The maximum atomic E-state index is 13.9. The number of aliphatic hydroxyl groups excluding tert-OH is 4. The fourth-order valence-corrected chi connectivity index (χ4v) is 3.68. The minimum atomic E-state index is -2.01. The first-order chi connectivity index (χ1) is 17.5. The largest absolute Gasteiger partial charge is 0.445 e. The Hall–Kier alpha value is -3.10. The Morgan fingerprint density at radius 3 is 2.32 bits per heavy atom. The van der Waals surface area contributed by atoms with Crippen molar-refractivity contribution in [1.82, 2.24) is 5.32 Å². The highest BCUT2D eigenvalue weighted by molar-refractivity contribution is 5.92. The lowest BCUT2D eigenvalue weighted by Gasteiger charge is -2.38. The molecular formula is C24H35FN4O8. The van der Waals surface area contributed by atoms with Gasteiger partial charge < -0.3 is 46.7 Å². The van der Waals surface area contributed by atoms with Gasteiger partial charge in [-0.05, 0) is 30.9 Å². The van der Waals surface area contributed by atoms with Crippen molar-refractivity contribution in [3.05, 3.63) is 46.7 Å². The van der Waals surface area contributed by atoms with Gasteiger partial charge in [-0.3, -0.25) is 15.0 Å². The molecule has 206 valence electrons. The molecule has 1 aromatic rings. The number of carbonyl (C=O) groups excluding carboxylic acids is 2. The number of benzene rings is 1. The van der Waals surface area contributed by atoms with E-state index in [4.69, 9.17) is 31.5 Å². The number of ether oxygens (including phenoxy) is 2. The maximum absolute atomic E-state index is 13.9. The number of halogens is 1. The van der Waals surface area contributed by atoms with Gasteiger partial charge in [0.05, 0.1) is 13.2 Å². The van der Waals surface area contributed by atoms with E-state index in [1.54, 1.807) is 6.92 Å². The highest BCUT2D eigenvalue weighted by Gasteiger charge is 2.46. The number of allylic oxidation sites excluding steroid dienone is 1. The molecule has 0 aliphatic carbocycles. The van der Waals surface area contributed by atoms with Crippen molar-refractivity contribution in [2.45, 2.75) is 69.4 Å². The summed E-state index contributed by atoms with van der Waals surface area (Å²) in [5.74, 6) is -1.64. The molecule has 6 unspecified atom stereocenters. The zero-order chi connectivity index (χ0) is 27.7. The lowest BCUT2D eigenvalue weighted by atomic mass is 9.99. The molecular weight excluding hydrogens is 491 g/mol. The smallest absolute Gasteiger partial charge is 0.242 e. The molecule has 6 atom stereocenters. The van der Waals surface area contributed by atoms with E-state index in [0.29, 0.717) is 12.8 Å². The minimum absolute atomic E-state index is 0.142. The van der Waals surface area contributed by atoms with Crippen LogP contribution in [0.2, 0.25) is 0 Å². The van der Waals surface area contributed by atoms with E-state index in [1.807, 2.05) is 24.3 Å². The van der Waals surface area contributed by atoms with Crippen LogP contribution in [0.15, 0.2) is 35.5 Å². The topological polar surface area (TPSA) is 221 Å². The quantitative estimate of drug-likeness (QED) is 0.117. The molecule has 12 nitrogen and oxygen atoms in total. The van der Waals surface area contributed by atoms with Gasteiger partial charge in [-0.1, -0.05) is 24.3 Å². The van der Waals surface area contributed by atoms with Gasteiger partial charge in [0.2, 0.25) is 24.0 Å². The Morgan fingerprint density at radius 2 is 1.78 bits per heavy atom. The fourth-order valence-electron chi connectivity index (χ4n) is 3.68. The second-order valence-corrected chi connectivity index (χ2v) is 8.81. The number of hydrogen-bond acceptors (Lipinski definition) is 10. The Morgan fingerprint density at radius 1 is 1.16 bits per heavy atom. The van der Waals surface area contributed by atoms with Gasteiger partial charge in [0.15, 0.2) is 6.17 Å². The second-order valence-electron chi connectivity index (χ2n) is 8.81. The minimum Gasteiger partial charge on any atom is -0.445 e. The van der Waals surface area contributed by atoms with Crippen molar-refractivity contribution >= 4 is 17.7 Å². The van der Waals surface area contributed by atoms with E-state index in [2.05, 4.69) is 5.32 Å². The second kappa shape index (κ2) is 14.0. The van der Waals surface area contributed by atoms with E-state index in [-0.39, 0.29) is 24.1 Å². The van der Waals surface area contributed by atoms with E-state index in [1.165, 1.54) is 0 Å². The van der Waals surface area contributed by atoms with Crippen LogP contribution in [0.1, 0.15) is 30.9 Å². The van der Waals surface area contributed by atoms with Gasteiger partial charge in [0, 0.05) is 24.1 Å². The maximum Gasteiger partial charge on any atom is 0.242 e. The predicted molar refractivity (Wildman–Crippen MR) is 130 cm³/mol. The molecule has 0 spiro atoms. The first kappa shape index (κ1) is 30.1. The molecule has 1 aromatic carbocycles. The zero-order valence-electron chi connectivity index (χ0n) is 20.5. The summed E-state index contributed by atoms with van der Waals surface area (Å²) in [6, 6.07) is 6.20. The van der Waals surface area contributed by atoms with Crippen LogP contribution in [-0.4, -0.2) is 88.2 Å². The summed E-state index contributed by atoms with van der Waals surface area (Å²) >= 11 is 0. The fraction of sp³-hybridized carbons (Fsp3) is 0.542. The van der Waals surface area contributed by atoms with E-state index < -0.39 is 67.7 Å². The third-order valence-electron chi connectivity index (χ3n) is 5.92. The Balaban J connectivity index is 1.93. The highest BCUT2D eigenvalue weighted by Crippen LogP contribution is 2.25. The number of nitrogens with two attached hydrogens (primary N) is 2. The average Bonchev–Trinajstić information content (AvgIpc) is 2.86. The van der Waals surface area contributed by atoms with Crippen molar-refractivity contribution in [2.24, 2.45) is 11.5 Å². The van der Waals surface area contributed by atoms with Crippen LogP contribution in [0.3, 0.4) is 0 Å². The molecule has 0 bridgehead atoms. The summed E-state index contributed by atoms with van der Waals surface area (Å²) in [5.41, 5.74) is 13.3. The van der Waals surface area contributed by atoms with Gasteiger partial charge in [0.1, 0.15) is 24.4 Å². The van der Waals surface area contributed by atoms with Crippen molar-refractivity contribution in [1.29, 1.82) is 5.41 Å². The van der Waals surface area contributed by atoms with Crippen molar-refractivity contribution in [3.8, 4) is 0 Å². The average molecular weight is 527 g/mol. The molecule has 2 rings (SSSR count). The molecule has 1 aliphatic heterocycles. The molecule has 1 fully saturated rings. The van der Waals surface area contributed by atoms with Crippen LogP contribution >= 0.6 is 0 Å². The lowest BCUT2D eigenvalue weighted by molar-refractivity contribution is -0.269. The van der Waals surface area contributed by atoms with Crippen LogP contribution < -0.4 is 16.8 Å². The number of aliphatic hydroxyl groups is 4. The summed E-state index contributed by atoms with van der Waals surface area (Å²) in [4.78, 5) is 23.0. The number of hydrogen-bond donors (Lipinski definition) is 8. The highest BCUT2D eigenvalue weighted by atomic mass is 19.1. The monoisotopic (exact) mass is 526 g/mol. The Kier molecular flexibility index (Phi) is 11.4. The number of aryl methyl sites for hydroxylation is 1. The van der Waals surface area contributed by atoms with Gasteiger partial charge >= 0.3 is 0 Å². The standard InChI is InChI=1S/C24H35FN4O8/c1-12(26)15(23(28)37-24-21(34)20(33)19(25)17(11-31)36-24)9-14-7-5-13(6-8-14)3-2-4-18(32)29-16(10-30)22(27)35/h5-8,16-17,19-21,24,28,30-31,33-34H,2-4,9-11,26H2,1H3,(H2,27,35)(H,29,32)/b15-12-,28-23?. The zero-order valence-corrected chi connectivity index (χ0v) is 20.5. The summed E-state index contributed by atoms with van der Waals surface area (Å²) < 4.78 is 24.5. The molecule has 1 saturated heterocycles. The van der Waals surface area contributed by atoms with E-state index >= 15 is 0 Å². The number of amides is 2. The molecule has 13 heteroatoms. The third kappa shape index (κ3) is 8.47. The van der Waals surface area contributed by atoms with Gasteiger partial charge in [-0.2, -0.15) is 0 Å². The summed E-state index contributed by atoms with van der Waals surface area (Å²) in [6.45, 7) is 0.249. The summed E-state index contributed by atoms with van der Waals surface area (Å²) in [6.07, 6.45) is -7.22. The number of alkyl halides is 1. The normalized spacial score (nSPS) is 25.1. The van der Waals surface area contributed by atoms with Gasteiger partial charge in [-0.25, -0.2) is 4.39 Å². The van der Waals surface area contributed by atoms with Crippen LogP contribution in [0, 0.1) is 5.41 Å². The van der Waals surface area contributed by atoms with Crippen molar-refractivity contribution in [3.63, 3.8) is 0 Å². The summed E-state index contributed by atoms with van der Waals surface area (Å²) in [7, 11) is 0. The molecule has 0 saturated carbocycles. The van der Waals surface area contributed by atoms with Crippen LogP contribution in [0.25, 0.3) is 0 Å². The van der Waals surface area contributed by atoms with Crippen LogP contribution in [0.5, 0.6) is 0 Å². The predicted octanol–water partition coefficient (Wildman–Crippen LogP) is -1.48. The number of carbonyl (C=O) groups is 2. The van der Waals surface area contributed by atoms with Gasteiger partial charge in [0.25, 0.3) is 0 Å². The van der Waals surface area contributed by atoms with Crippen LogP contribution in [0.4, 0.5) is 4.39 Å². The Labute approximate surface area is 213 Å². The molecule has 1 aliphatic rings. The van der Waals surface area contributed by atoms with Crippen molar-refractivity contribution in [2.75, 3.05) is 13.2 Å². The Bertz CT molecular complexity index is 968. The van der Waals surface area contributed by atoms with E-state index in [9.17, 15) is 29.3 Å². The van der Waals surface area contributed by atoms with Crippen LogP contribution in [-0.2, 0) is 31.9 Å². The molecule has 0 aromatic heterocycles. The first-order valence-corrected chi connectivity index (χ1v) is 11.7. The number of rotatable bonds is 12. The number of primary amides is 1. The van der Waals surface area contributed by atoms with Gasteiger partial charge in [-0.15, -0.1) is 0 Å². The molecule has 0 radical (unpaired) electrons. The lowest BCUT2D eigenvalue weighted by Crippen LogP contribution is -2.58. The molecule has 37 heavy (non-hydrogen) atoms. The van der Waals surface area contributed by atoms with Crippen molar-refractivity contribution < 1.29 is 43.9 Å². The molecule has 2 amide bonds. The summed E-state index contributed by atoms with van der Waals surface area (Å²) in [5, 5.41) is 48.8. The molecule has 1 heterocycles. The SMILES string of the molecule is C/C(N)=C(\Cc1ccc(CCCC(=O)NC(CO)C(N)=O)cc1)C(=N)OC1OC(CO)C(F)C(O)C1O. The van der Waals surface area contributed by atoms with E-state index in [0.717, 1.165) is 11.1 Å². The number of nitrogens with one attached hydrogen (secondary N) is 2. The third-order valence-corrected chi connectivity index (χ3v) is 5.92. The molecule has 10 N–H and O–H groups in total.